The fourth-order valence-electron chi connectivity index (χ4n) is 1.26. The summed E-state index contributed by atoms with van der Waals surface area (Å²) in [7, 11) is 0. The van der Waals surface area contributed by atoms with Gasteiger partial charge in [-0.2, -0.15) is 26.3 Å². The molecule has 0 saturated carbocycles. The Morgan fingerprint density at radius 2 is 1.61 bits per heavy atom. The van der Waals surface area contributed by atoms with Crippen molar-refractivity contribution in [2.45, 2.75) is 18.8 Å². The van der Waals surface area contributed by atoms with Crippen LogP contribution in [0, 0.1) is 5.82 Å². The van der Waals surface area contributed by atoms with Gasteiger partial charge in [0.25, 0.3) is 0 Å². The molecule has 1 aromatic rings. The normalized spacial score (nSPS) is 12.6. The van der Waals surface area contributed by atoms with Crippen molar-refractivity contribution in [2.75, 3.05) is 0 Å². The van der Waals surface area contributed by atoms with Crippen molar-refractivity contribution in [2.24, 2.45) is 0 Å². The van der Waals surface area contributed by atoms with Crippen LogP contribution in [0.5, 0.6) is 0 Å². The number of rotatable bonds is 2. The zero-order valence-electron chi connectivity index (χ0n) is 8.49. The molecule has 8 heteroatoms. The molecule has 0 aliphatic heterocycles. The molecule has 0 bridgehead atoms. The highest BCUT2D eigenvalue weighted by molar-refractivity contribution is 5.86. The fraction of sp³-hybridized carbons (Fsp3) is 0.300. The second kappa shape index (κ2) is 4.58. The summed E-state index contributed by atoms with van der Waals surface area (Å²) >= 11 is 0. The average molecular weight is 274 g/mol. The summed E-state index contributed by atoms with van der Waals surface area (Å²) in [6.07, 6.45) is -12.0. The number of alkyl halides is 6. The van der Waals surface area contributed by atoms with Gasteiger partial charge in [-0.05, 0) is 12.1 Å². The molecule has 0 spiro atoms. The molecule has 0 saturated heterocycles. The van der Waals surface area contributed by atoms with Gasteiger partial charge in [0.1, 0.15) is 5.82 Å². The molecule has 1 rings (SSSR count). The fourth-order valence-corrected chi connectivity index (χ4v) is 1.26. The molecular weight excluding hydrogens is 269 g/mol. The highest BCUT2D eigenvalue weighted by atomic mass is 19.4. The maximum absolute atomic E-state index is 13.1. The first-order chi connectivity index (χ1) is 8.03. The summed E-state index contributed by atoms with van der Waals surface area (Å²) in [6.45, 7) is 0. The number of benzene rings is 1. The topological polar surface area (TPSA) is 17.1 Å². The maximum Gasteiger partial charge on any atom is 0.450 e. The van der Waals surface area contributed by atoms with E-state index in [0.29, 0.717) is 18.2 Å². The number of carbonyl (C=O) groups is 1. The number of halogens is 7. The third kappa shape index (κ3) is 3.21. The van der Waals surface area contributed by atoms with Crippen LogP contribution in [0.1, 0.15) is 11.1 Å². The molecule has 0 atom stereocenters. The van der Waals surface area contributed by atoms with E-state index in [1.54, 1.807) is 0 Å². The summed E-state index contributed by atoms with van der Waals surface area (Å²) in [5.74, 6) is -3.93. The predicted octanol–water partition coefficient (Wildman–Crippen LogP) is 3.52. The Morgan fingerprint density at radius 1 is 1.06 bits per heavy atom. The van der Waals surface area contributed by atoms with Crippen molar-refractivity contribution in [3.63, 3.8) is 0 Å². The van der Waals surface area contributed by atoms with Crippen molar-refractivity contribution in [1.29, 1.82) is 0 Å². The molecule has 0 aliphatic rings. The van der Waals surface area contributed by atoms with Crippen LogP contribution < -0.4 is 0 Å². The van der Waals surface area contributed by atoms with Gasteiger partial charge in [-0.1, -0.05) is 6.07 Å². The van der Waals surface area contributed by atoms with Crippen LogP contribution in [0.4, 0.5) is 30.7 Å². The first-order valence-electron chi connectivity index (χ1n) is 4.48. The van der Waals surface area contributed by atoms with Crippen molar-refractivity contribution in [1.82, 2.24) is 0 Å². The lowest BCUT2D eigenvalue weighted by Gasteiger charge is -2.13. The van der Waals surface area contributed by atoms with Gasteiger partial charge in [0, 0.05) is 12.0 Å². The Kier molecular flexibility index (Phi) is 3.68. The van der Waals surface area contributed by atoms with Gasteiger partial charge in [0.2, 0.25) is 5.78 Å². The Balaban J connectivity index is 3.20. The van der Waals surface area contributed by atoms with Crippen molar-refractivity contribution >= 4 is 5.78 Å². The lowest BCUT2D eigenvalue weighted by atomic mass is 10.0. The maximum atomic E-state index is 13.1. The van der Waals surface area contributed by atoms with Crippen molar-refractivity contribution in [3.8, 4) is 0 Å². The van der Waals surface area contributed by atoms with Crippen LogP contribution >= 0.6 is 0 Å². The number of hydrogen-bond donors (Lipinski definition) is 0. The number of Topliss-reactive ketones (excluding diaryl/α,β-unsaturated/α-hetero) is 1. The monoisotopic (exact) mass is 274 g/mol. The van der Waals surface area contributed by atoms with E-state index in [4.69, 9.17) is 0 Å². The van der Waals surface area contributed by atoms with Crippen LogP contribution in [-0.2, 0) is 17.4 Å². The average Bonchev–Trinajstić information content (AvgIpc) is 2.17. The molecule has 100 valence electrons. The quantitative estimate of drug-likeness (QED) is 0.754. The van der Waals surface area contributed by atoms with E-state index in [2.05, 4.69) is 0 Å². The van der Waals surface area contributed by atoms with Crippen LogP contribution in [0.2, 0.25) is 0 Å². The second-order valence-corrected chi connectivity index (χ2v) is 3.36. The molecule has 1 aromatic carbocycles. The predicted molar refractivity (Wildman–Crippen MR) is 46.2 cm³/mol. The van der Waals surface area contributed by atoms with E-state index in [9.17, 15) is 35.5 Å². The highest BCUT2D eigenvalue weighted by Gasteiger charge is 2.41. The molecule has 0 aromatic heterocycles. The van der Waals surface area contributed by atoms with E-state index in [1.807, 2.05) is 0 Å². The first-order valence-corrected chi connectivity index (χ1v) is 4.48. The smallest absolute Gasteiger partial charge is 0.289 e. The molecule has 0 heterocycles. The SMILES string of the molecule is O=C(Cc1c(F)cccc1C(F)(F)F)C(F)(F)F. The molecular formula is C10H5F7O. The van der Waals surface area contributed by atoms with Gasteiger partial charge in [-0.15, -0.1) is 0 Å². The van der Waals surface area contributed by atoms with Gasteiger partial charge in [0.05, 0.1) is 5.56 Å². The minimum absolute atomic E-state index is 0.419. The Hall–Kier alpha value is -1.60. The van der Waals surface area contributed by atoms with E-state index in [0.717, 1.165) is 0 Å². The van der Waals surface area contributed by atoms with E-state index in [1.165, 1.54) is 0 Å². The molecule has 0 radical (unpaired) electrons. The lowest BCUT2D eigenvalue weighted by molar-refractivity contribution is -0.170. The minimum Gasteiger partial charge on any atom is -0.289 e. The zero-order chi connectivity index (χ0) is 14.1. The van der Waals surface area contributed by atoms with Crippen LogP contribution in [0.15, 0.2) is 18.2 Å². The summed E-state index contributed by atoms with van der Waals surface area (Å²) in [5.41, 5.74) is -2.88. The minimum atomic E-state index is -5.30. The standard InChI is InChI=1S/C10H5F7O/c11-7-3-1-2-6(9(12,13)14)5(7)4-8(18)10(15,16)17/h1-3H,4H2. The molecule has 0 unspecified atom stereocenters. The van der Waals surface area contributed by atoms with Gasteiger partial charge < -0.3 is 0 Å². The van der Waals surface area contributed by atoms with E-state index in [-0.39, 0.29) is 0 Å². The molecule has 1 nitrogen and oxygen atoms in total. The molecule has 18 heavy (non-hydrogen) atoms. The summed E-state index contributed by atoms with van der Waals surface area (Å²) in [4.78, 5) is 10.6. The van der Waals surface area contributed by atoms with E-state index < -0.39 is 41.5 Å². The Morgan fingerprint density at radius 3 is 2.06 bits per heavy atom. The van der Waals surface area contributed by atoms with Crippen LogP contribution in [0.25, 0.3) is 0 Å². The largest absolute Gasteiger partial charge is 0.450 e. The summed E-state index contributed by atoms with van der Waals surface area (Å²) < 4.78 is 86.2. The Bertz CT molecular complexity index is 458. The first kappa shape index (κ1) is 14.5. The van der Waals surface area contributed by atoms with Gasteiger partial charge >= 0.3 is 12.4 Å². The van der Waals surface area contributed by atoms with Crippen molar-refractivity contribution < 1.29 is 35.5 Å². The number of ketones is 1. The van der Waals surface area contributed by atoms with Gasteiger partial charge in [0.15, 0.2) is 0 Å². The van der Waals surface area contributed by atoms with Gasteiger partial charge in [-0.25, -0.2) is 4.39 Å². The highest BCUT2D eigenvalue weighted by Crippen LogP contribution is 2.34. The van der Waals surface area contributed by atoms with Crippen LogP contribution in [0.3, 0.4) is 0 Å². The Labute approximate surface area is 96.2 Å². The number of hydrogen-bond acceptors (Lipinski definition) is 1. The molecule has 0 aliphatic carbocycles. The van der Waals surface area contributed by atoms with Crippen molar-refractivity contribution in [3.05, 3.63) is 35.1 Å². The van der Waals surface area contributed by atoms with Gasteiger partial charge in [-0.3, -0.25) is 4.79 Å². The van der Waals surface area contributed by atoms with E-state index >= 15 is 0 Å². The number of carbonyl (C=O) groups excluding carboxylic acids is 1. The third-order valence-electron chi connectivity index (χ3n) is 2.08. The molecule has 0 fully saturated rings. The zero-order valence-corrected chi connectivity index (χ0v) is 8.49. The lowest BCUT2D eigenvalue weighted by Crippen LogP contribution is -2.26. The summed E-state index contributed by atoms with van der Waals surface area (Å²) in [6, 6.07) is 1.69. The van der Waals surface area contributed by atoms with Crippen LogP contribution in [-0.4, -0.2) is 12.0 Å². The molecule has 0 N–H and O–H groups in total. The molecule has 0 amide bonds. The second-order valence-electron chi connectivity index (χ2n) is 3.36. The third-order valence-corrected chi connectivity index (χ3v) is 2.08. The summed E-state index contributed by atoms with van der Waals surface area (Å²) in [5, 5.41) is 0.